The minimum atomic E-state index is -0.185. The number of rotatable bonds is 4. The van der Waals surface area contributed by atoms with Gasteiger partial charge in [0.25, 0.3) is 5.91 Å². The number of carbonyl (C=O) groups excluding carboxylic acids is 2. The van der Waals surface area contributed by atoms with E-state index >= 15 is 0 Å². The standard InChI is InChI=1S/C20H22N2O2/c1-14-18(12-7-13-21-14)22-20(24)17-11-6-5-10-16(17)19(23)15-8-3-2-4-9-15/h2-6,8-11,14,18,21H,7,12-13H2,1H3,(H,22,24). The molecule has 2 N–H and O–H groups in total. The molecular formula is C20H22N2O2. The summed E-state index contributed by atoms with van der Waals surface area (Å²) in [6.07, 6.45) is 1.99. The summed E-state index contributed by atoms with van der Waals surface area (Å²) in [6, 6.07) is 16.4. The van der Waals surface area contributed by atoms with Crippen LogP contribution < -0.4 is 10.6 Å². The third-order valence-electron chi connectivity index (χ3n) is 4.53. The lowest BCUT2D eigenvalue weighted by molar-refractivity contribution is 0.0911. The molecule has 1 aliphatic rings. The highest BCUT2D eigenvalue weighted by Crippen LogP contribution is 2.16. The van der Waals surface area contributed by atoms with Gasteiger partial charge in [-0.3, -0.25) is 9.59 Å². The Morgan fingerprint density at radius 3 is 2.38 bits per heavy atom. The molecule has 4 heteroatoms. The zero-order valence-electron chi connectivity index (χ0n) is 13.8. The molecule has 0 bridgehead atoms. The third-order valence-corrected chi connectivity index (χ3v) is 4.53. The van der Waals surface area contributed by atoms with Crippen LogP contribution in [0.2, 0.25) is 0 Å². The van der Waals surface area contributed by atoms with Gasteiger partial charge >= 0.3 is 0 Å². The molecule has 1 amide bonds. The van der Waals surface area contributed by atoms with Crippen LogP contribution in [0.1, 0.15) is 46.0 Å². The number of carbonyl (C=O) groups is 2. The van der Waals surface area contributed by atoms with Gasteiger partial charge in [-0.2, -0.15) is 0 Å². The van der Waals surface area contributed by atoms with E-state index in [4.69, 9.17) is 0 Å². The van der Waals surface area contributed by atoms with Gasteiger partial charge in [-0.15, -0.1) is 0 Å². The lowest BCUT2D eigenvalue weighted by Gasteiger charge is -2.30. The van der Waals surface area contributed by atoms with Gasteiger partial charge in [-0.1, -0.05) is 48.5 Å². The van der Waals surface area contributed by atoms with E-state index < -0.39 is 0 Å². The topological polar surface area (TPSA) is 58.2 Å². The number of piperidine rings is 1. The Labute approximate surface area is 142 Å². The molecular weight excluding hydrogens is 300 g/mol. The number of benzene rings is 2. The summed E-state index contributed by atoms with van der Waals surface area (Å²) in [5.74, 6) is -0.313. The van der Waals surface area contributed by atoms with Gasteiger partial charge in [0.05, 0.1) is 5.56 Å². The van der Waals surface area contributed by atoms with Crippen LogP contribution in [0.15, 0.2) is 54.6 Å². The molecule has 0 saturated carbocycles. The molecule has 1 aliphatic heterocycles. The van der Waals surface area contributed by atoms with Crippen LogP contribution in [0.3, 0.4) is 0 Å². The SMILES string of the molecule is CC1NCCCC1NC(=O)c1ccccc1C(=O)c1ccccc1. The number of hydrogen-bond acceptors (Lipinski definition) is 3. The molecule has 3 rings (SSSR count). The summed E-state index contributed by atoms with van der Waals surface area (Å²) in [7, 11) is 0. The van der Waals surface area contributed by atoms with E-state index in [0.717, 1.165) is 19.4 Å². The van der Waals surface area contributed by atoms with Crippen molar-refractivity contribution in [1.82, 2.24) is 10.6 Å². The van der Waals surface area contributed by atoms with Crippen LogP contribution in [-0.4, -0.2) is 30.3 Å². The molecule has 2 unspecified atom stereocenters. The van der Waals surface area contributed by atoms with E-state index in [1.807, 2.05) is 18.2 Å². The Balaban J connectivity index is 1.83. The average molecular weight is 322 g/mol. The van der Waals surface area contributed by atoms with Gasteiger partial charge in [0.15, 0.2) is 5.78 Å². The largest absolute Gasteiger partial charge is 0.348 e. The van der Waals surface area contributed by atoms with Crippen LogP contribution in [0.4, 0.5) is 0 Å². The van der Waals surface area contributed by atoms with Crippen molar-refractivity contribution in [3.05, 3.63) is 71.3 Å². The molecule has 0 aliphatic carbocycles. The second-order valence-electron chi connectivity index (χ2n) is 6.21. The van der Waals surface area contributed by atoms with E-state index in [0.29, 0.717) is 16.7 Å². The molecule has 2 aromatic carbocycles. The molecule has 2 atom stereocenters. The Kier molecular flexibility index (Phi) is 5.06. The molecule has 1 heterocycles. The maximum atomic E-state index is 12.7. The Bertz CT molecular complexity index is 727. The van der Waals surface area contributed by atoms with Gasteiger partial charge in [-0.05, 0) is 32.4 Å². The Hall–Kier alpha value is -2.46. The van der Waals surface area contributed by atoms with Gasteiger partial charge in [0.2, 0.25) is 0 Å². The number of nitrogens with one attached hydrogen (secondary N) is 2. The molecule has 2 aromatic rings. The van der Waals surface area contributed by atoms with Crippen LogP contribution in [0.25, 0.3) is 0 Å². The maximum Gasteiger partial charge on any atom is 0.252 e. The zero-order chi connectivity index (χ0) is 16.9. The van der Waals surface area contributed by atoms with E-state index in [9.17, 15) is 9.59 Å². The smallest absolute Gasteiger partial charge is 0.252 e. The normalized spacial score (nSPS) is 20.4. The van der Waals surface area contributed by atoms with Gasteiger partial charge in [0.1, 0.15) is 0 Å². The highest BCUT2D eigenvalue weighted by atomic mass is 16.2. The lowest BCUT2D eigenvalue weighted by atomic mass is 9.96. The van der Waals surface area contributed by atoms with Gasteiger partial charge < -0.3 is 10.6 Å². The first-order chi connectivity index (χ1) is 11.7. The van der Waals surface area contributed by atoms with Crippen molar-refractivity contribution in [2.75, 3.05) is 6.54 Å². The summed E-state index contributed by atoms with van der Waals surface area (Å²) in [5.41, 5.74) is 1.46. The van der Waals surface area contributed by atoms with Crippen molar-refractivity contribution < 1.29 is 9.59 Å². The van der Waals surface area contributed by atoms with Crippen LogP contribution in [0.5, 0.6) is 0 Å². The monoisotopic (exact) mass is 322 g/mol. The van der Waals surface area contributed by atoms with Crippen LogP contribution in [-0.2, 0) is 0 Å². The van der Waals surface area contributed by atoms with E-state index in [1.165, 1.54) is 0 Å². The Morgan fingerprint density at radius 1 is 1.00 bits per heavy atom. The van der Waals surface area contributed by atoms with E-state index in [2.05, 4.69) is 17.6 Å². The molecule has 0 radical (unpaired) electrons. The first kappa shape index (κ1) is 16.4. The summed E-state index contributed by atoms with van der Waals surface area (Å²) < 4.78 is 0. The van der Waals surface area contributed by atoms with E-state index in [-0.39, 0.29) is 23.8 Å². The predicted molar refractivity (Wildman–Crippen MR) is 94.3 cm³/mol. The van der Waals surface area contributed by atoms with Crippen molar-refractivity contribution in [2.24, 2.45) is 0 Å². The molecule has 124 valence electrons. The highest BCUT2D eigenvalue weighted by Gasteiger charge is 2.25. The minimum Gasteiger partial charge on any atom is -0.348 e. The second-order valence-corrected chi connectivity index (χ2v) is 6.21. The van der Waals surface area contributed by atoms with Crippen molar-refractivity contribution in [3.63, 3.8) is 0 Å². The number of ketones is 1. The van der Waals surface area contributed by atoms with Crippen molar-refractivity contribution in [3.8, 4) is 0 Å². The summed E-state index contributed by atoms with van der Waals surface area (Å²) >= 11 is 0. The highest BCUT2D eigenvalue weighted by molar-refractivity contribution is 6.15. The fourth-order valence-corrected chi connectivity index (χ4v) is 3.11. The third kappa shape index (κ3) is 3.54. The van der Waals surface area contributed by atoms with Crippen LogP contribution in [0, 0.1) is 0 Å². The molecule has 0 aromatic heterocycles. The van der Waals surface area contributed by atoms with Crippen molar-refractivity contribution in [1.29, 1.82) is 0 Å². The average Bonchev–Trinajstić information content (AvgIpc) is 2.63. The van der Waals surface area contributed by atoms with Crippen LogP contribution >= 0.6 is 0 Å². The summed E-state index contributed by atoms with van der Waals surface area (Å²) in [4.78, 5) is 25.5. The van der Waals surface area contributed by atoms with Gasteiger partial charge in [0, 0.05) is 23.2 Å². The molecule has 1 fully saturated rings. The first-order valence-corrected chi connectivity index (χ1v) is 8.40. The summed E-state index contributed by atoms with van der Waals surface area (Å²) in [6.45, 7) is 3.06. The van der Waals surface area contributed by atoms with Crippen molar-refractivity contribution >= 4 is 11.7 Å². The Morgan fingerprint density at radius 2 is 1.67 bits per heavy atom. The zero-order valence-corrected chi connectivity index (χ0v) is 13.8. The molecule has 4 nitrogen and oxygen atoms in total. The fourth-order valence-electron chi connectivity index (χ4n) is 3.11. The predicted octanol–water partition coefficient (Wildman–Crippen LogP) is 2.79. The molecule has 1 saturated heterocycles. The van der Waals surface area contributed by atoms with E-state index in [1.54, 1.807) is 36.4 Å². The second kappa shape index (κ2) is 7.41. The van der Waals surface area contributed by atoms with Gasteiger partial charge in [-0.25, -0.2) is 0 Å². The van der Waals surface area contributed by atoms with Crippen molar-refractivity contribution in [2.45, 2.75) is 31.8 Å². The quantitative estimate of drug-likeness (QED) is 0.851. The number of hydrogen-bond donors (Lipinski definition) is 2. The summed E-state index contributed by atoms with van der Waals surface area (Å²) in [5, 5.41) is 6.45. The first-order valence-electron chi connectivity index (χ1n) is 8.40. The molecule has 0 spiro atoms. The lowest BCUT2D eigenvalue weighted by Crippen LogP contribution is -2.52. The fraction of sp³-hybridized carbons (Fsp3) is 0.300. The minimum absolute atomic E-state index is 0.0890. The maximum absolute atomic E-state index is 12.7. The number of amides is 1. The molecule has 24 heavy (non-hydrogen) atoms.